The third kappa shape index (κ3) is 3.60. The van der Waals surface area contributed by atoms with Crippen LogP contribution >= 0.6 is 0 Å². The Hall–Kier alpha value is -1.29. The Morgan fingerprint density at radius 3 is 3.11 bits per heavy atom. The van der Waals surface area contributed by atoms with Crippen LogP contribution in [0.2, 0.25) is 0 Å². The lowest BCUT2D eigenvalue weighted by Gasteiger charge is -2.23. The van der Waals surface area contributed by atoms with Crippen molar-refractivity contribution in [3.63, 3.8) is 0 Å². The molecule has 1 aliphatic heterocycles. The van der Waals surface area contributed by atoms with Crippen LogP contribution in [0.5, 0.6) is 0 Å². The van der Waals surface area contributed by atoms with Crippen LogP contribution in [0.3, 0.4) is 0 Å². The van der Waals surface area contributed by atoms with E-state index in [0.29, 0.717) is 6.10 Å². The molecule has 100 valence electrons. The van der Waals surface area contributed by atoms with Crippen LogP contribution in [0, 0.1) is 0 Å². The van der Waals surface area contributed by atoms with E-state index < -0.39 is 0 Å². The van der Waals surface area contributed by atoms with Crippen LogP contribution in [-0.2, 0) is 4.74 Å². The quantitative estimate of drug-likeness (QED) is 0.840. The highest BCUT2D eigenvalue weighted by atomic mass is 16.5. The fourth-order valence-electron chi connectivity index (χ4n) is 2.20. The van der Waals surface area contributed by atoms with Crippen molar-refractivity contribution in [3.8, 4) is 0 Å². The molecular formula is C14H23N3O. The summed E-state index contributed by atoms with van der Waals surface area (Å²) in [5.74, 6) is 0. The molecule has 1 atom stereocenters. The highest BCUT2D eigenvalue weighted by Gasteiger charge is 2.17. The maximum Gasteiger partial charge on any atom is 0.0750 e. The molecule has 0 bridgehead atoms. The van der Waals surface area contributed by atoms with Gasteiger partial charge in [0.1, 0.15) is 0 Å². The highest BCUT2D eigenvalue weighted by molar-refractivity contribution is 5.55. The maximum atomic E-state index is 5.66. The first-order chi connectivity index (χ1) is 8.79. The Morgan fingerprint density at radius 2 is 2.39 bits per heavy atom. The molecule has 4 nitrogen and oxygen atoms in total. The fourth-order valence-corrected chi connectivity index (χ4v) is 2.20. The van der Waals surface area contributed by atoms with Crippen LogP contribution in [0.25, 0.3) is 0 Å². The minimum atomic E-state index is 0.377. The lowest BCUT2D eigenvalue weighted by molar-refractivity contribution is 0.116. The van der Waals surface area contributed by atoms with Gasteiger partial charge in [0, 0.05) is 26.7 Å². The monoisotopic (exact) mass is 249 g/mol. The van der Waals surface area contributed by atoms with Crippen molar-refractivity contribution in [3.05, 3.63) is 18.5 Å². The van der Waals surface area contributed by atoms with Gasteiger partial charge in [-0.05, 0) is 25.3 Å². The Bertz CT molecular complexity index is 364. The van der Waals surface area contributed by atoms with Gasteiger partial charge in [0.05, 0.1) is 29.9 Å². The molecule has 1 unspecified atom stereocenters. The van der Waals surface area contributed by atoms with Gasteiger partial charge in [-0.25, -0.2) is 0 Å². The first kappa shape index (κ1) is 13.1. The highest BCUT2D eigenvalue weighted by Crippen LogP contribution is 2.19. The van der Waals surface area contributed by atoms with E-state index in [1.54, 1.807) is 0 Å². The molecule has 1 fully saturated rings. The predicted octanol–water partition coefficient (Wildman–Crippen LogP) is 2.52. The minimum Gasteiger partial charge on any atom is -0.384 e. The van der Waals surface area contributed by atoms with Gasteiger partial charge in [-0.15, -0.1) is 0 Å². The zero-order chi connectivity index (χ0) is 12.8. The molecule has 2 heterocycles. The van der Waals surface area contributed by atoms with Crippen LogP contribution in [0.4, 0.5) is 11.4 Å². The second-order valence-electron chi connectivity index (χ2n) is 4.87. The van der Waals surface area contributed by atoms with Gasteiger partial charge in [0.2, 0.25) is 0 Å². The van der Waals surface area contributed by atoms with E-state index in [-0.39, 0.29) is 0 Å². The van der Waals surface area contributed by atoms with Crippen molar-refractivity contribution in [1.29, 1.82) is 0 Å². The van der Waals surface area contributed by atoms with E-state index in [0.717, 1.165) is 37.5 Å². The van der Waals surface area contributed by atoms with Crippen molar-refractivity contribution < 1.29 is 4.74 Å². The average molecular weight is 249 g/mol. The molecule has 1 aromatic rings. The maximum absolute atomic E-state index is 5.66. The molecular weight excluding hydrogens is 226 g/mol. The van der Waals surface area contributed by atoms with E-state index in [1.807, 2.05) is 12.4 Å². The molecule has 0 aliphatic carbocycles. The lowest BCUT2D eigenvalue weighted by Crippen LogP contribution is -2.28. The van der Waals surface area contributed by atoms with Gasteiger partial charge in [0.25, 0.3) is 0 Å². The van der Waals surface area contributed by atoms with E-state index in [4.69, 9.17) is 4.74 Å². The zero-order valence-electron chi connectivity index (χ0n) is 11.4. The number of hydrogen-bond donors (Lipinski definition) is 1. The summed E-state index contributed by atoms with van der Waals surface area (Å²) in [5, 5.41) is 3.36. The number of aromatic nitrogens is 1. The Balaban J connectivity index is 1.93. The van der Waals surface area contributed by atoms with Crippen LogP contribution in [-0.4, -0.2) is 37.8 Å². The van der Waals surface area contributed by atoms with Crippen molar-refractivity contribution >= 4 is 11.4 Å². The van der Waals surface area contributed by atoms with E-state index in [1.165, 1.54) is 12.8 Å². The molecule has 1 N–H and O–H groups in total. The Labute approximate surface area is 109 Å². The molecule has 0 aromatic carbocycles. The summed E-state index contributed by atoms with van der Waals surface area (Å²) >= 11 is 0. The number of nitrogens with zero attached hydrogens (tertiary/aromatic N) is 2. The second kappa shape index (κ2) is 6.59. The summed E-state index contributed by atoms with van der Waals surface area (Å²) in [5.41, 5.74) is 2.24. The van der Waals surface area contributed by atoms with Crippen molar-refractivity contribution in [2.75, 3.05) is 37.0 Å². The smallest absolute Gasteiger partial charge is 0.0750 e. The van der Waals surface area contributed by atoms with Crippen molar-refractivity contribution in [2.24, 2.45) is 0 Å². The third-order valence-electron chi connectivity index (χ3n) is 3.25. The summed E-state index contributed by atoms with van der Waals surface area (Å²) in [6, 6.07) is 2.15. The van der Waals surface area contributed by atoms with Gasteiger partial charge in [-0.1, -0.05) is 6.92 Å². The molecule has 1 saturated heterocycles. The number of nitrogens with one attached hydrogen (secondary N) is 1. The molecule has 2 rings (SSSR count). The topological polar surface area (TPSA) is 37.4 Å². The van der Waals surface area contributed by atoms with E-state index in [9.17, 15) is 0 Å². The number of anilines is 2. The standard InChI is InChI=1S/C14H23N3O/c1-3-6-16-12-8-13(10-15-9-12)17(2)11-14-5-4-7-18-14/h8-10,14,16H,3-7,11H2,1-2H3. The summed E-state index contributed by atoms with van der Waals surface area (Å²) in [4.78, 5) is 6.51. The SMILES string of the molecule is CCCNc1cncc(N(C)CC2CCCO2)c1. The van der Waals surface area contributed by atoms with Gasteiger partial charge < -0.3 is 15.0 Å². The molecule has 0 radical (unpaired) electrons. The first-order valence-corrected chi connectivity index (χ1v) is 6.81. The lowest BCUT2D eigenvalue weighted by atomic mass is 10.2. The molecule has 4 heteroatoms. The van der Waals surface area contributed by atoms with Crippen LogP contribution in [0.15, 0.2) is 18.5 Å². The van der Waals surface area contributed by atoms with Gasteiger partial charge >= 0.3 is 0 Å². The number of pyridine rings is 1. The molecule has 0 spiro atoms. The van der Waals surface area contributed by atoms with Crippen LogP contribution < -0.4 is 10.2 Å². The second-order valence-corrected chi connectivity index (χ2v) is 4.87. The minimum absolute atomic E-state index is 0.377. The molecule has 0 amide bonds. The number of ether oxygens (including phenoxy) is 1. The first-order valence-electron chi connectivity index (χ1n) is 6.81. The van der Waals surface area contributed by atoms with Gasteiger partial charge in [-0.3, -0.25) is 4.98 Å². The Morgan fingerprint density at radius 1 is 1.50 bits per heavy atom. The zero-order valence-corrected chi connectivity index (χ0v) is 11.4. The van der Waals surface area contributed by atoms with Crippen molar-refractivity contribution in [1.82, 2.24) is 4.98 Å². The third-order valence-corrected chi connectivity index (χ3v) is 3.25. The molecule has 18 heavy (non-hydrogen) atoms. The van der Waals surface area contributed by atoms with Crippen LogP contribution in [0.1, 0.15) is 26.2 Å². The number of likely N-dealkylation sites (N-methyl/N-ethyl adjacent to an activating group) is 1. The fraction of sp³-hybridized carbons (Fsp3) is 0.643. The summed E-state index contributed by atoms with van der Waals surface area (Å²) in [7, 11) is 2.10. The van der Waals surface area contributed by atoms with Crippen molar-refractivity contribution in [2.45, 2.75) is 32.3 Å². The normalized spacial score (nSPS) is 18.9. The summed E-state index contributed by atoms with van der Waals surface area (Å²) < 4.78 is 5.66. The Kier molecular flexibility index (Phi) is 4.81. The summed E-state index contributed by atoms with van der Waals surface area (Å²) in [6.45, 7) is 5.00. The van der Waals surface area contributed by atoms with E-state index >= 15 is 0 Å². The molecule has 1 aromatic heterocycles. The number of rotatable bonds is 6. The molecule has 0 saturated carbocycles. The number of hydrogen-bond acceptors (Lipinski definition) is 4. The van der Waals surface area contributed by atoms with E-state index in [2.05, 4.69) is 35.2 Å². The molecule has 1 aliphatic rings. The largest absolute Gasteiger partial charge is 0.384 e. The van der Waals surface area contributed by atoms with Gasteiger partial charge in [0.15, 0.2) is 0 Å². The predicted molar refractivity (Wildman–Crippen MR) is 75.3 cm³/mol. The summed E-state index contributed by atoms with van der Waals surface area (Å²) in [6.07, 6.45) is 7.64. The average Bonchev–Trinajstić information content (AvgIpc) is 2.89. The van der Waals surface area contributed by atoms with Gasteiger partial charge in [-0.2, -0.15) is 0 Å².